The number of carboxylic acids is 1. The summed E-state index contributed by atoms with van der Waals surface area (Å²) >= 11 is 0. The van der Waals surface area contributed by atoms with Crippen molar-refractivity contribution >= 4 is 11.9 Å². The minimum atomic E-state index is -0.938. The average Bonchev–Trinajstić information content (AvgIpc) is 1.83. The van der Waals surface area contributed by atoms with Gasteiger partial charge in [-0.1, -0.05) is 6.58 Å². The highest BCUT2D eigenvalue weighted by Gasteiger charge is 2.36. The van der Waals surface area contributed by atoms with Crippen LogP contribution in [0.1, 0.15) is 6.42 Å². The maximum Gasteiger partial charge on any atom is 0.326 e. The van der Waals surface area contributed by atoms with Crippen molar-refractivity contribution in [2.75, 3.05) is 6.54 Å². The number of nitrogens with zero attached hydrogens (tertiary/aromatic N) is 1. The maximum atomic E-state index is 10.9. The smallest absolute Gasteiger partial charge is 0.326 e. The van der Waals surface area contributed by atoms with Crippen molar-refractivity contribution in [1.82, 2.24) is 4.90 Å². The van der Waals surface area contributed by atoms with Crippen molar-refractivity contribution < 1.29 is 14.7 Å². The van der Waals surface area contributed by atoms with Gasteiger partial charge in [0.1, 0.15) is 6.04 Å². The first-order valence-corrected chi connectivity index (χ1v) is 3.32. The van der Waals surface area contributed by atoms with E-state index in [1.54, 1.807) is 0 Å². The Kier molecular flexibility index (Phi) is 1.94. The molecule has 0 aromatic carbocycles. The van der Waals surface area contributed by atoms with E-state index in [9.17, 15) is 9.59 Å². The zero-order valence-electron chi connectivity index (χ0n) is 5.99. The van der Waals surface area contributed by atoms with Gasteiger partial charge < -0.3 is 10.0 Å². The molecule has 0 aromatic heterocycles. The van der Waals surface area contributed by atoms with Gasteiger partial charge in [-0.3, -0.25) is 4.79 Å². The third kappa shape index (κ3) is 1.24. The Balaban J connectivity index is 2.56. The second-order valence-corrected chi connectivity index (χ2v) is 2.38. The molecule has 0 radical (unpaired) electrons. The molecule has 11 heavy (non-hydrogen) atoms. The molecule has 0 aliphatic carbocycles. The fourth-order valence-electron chi connectivity index (χ4n) is 1.03. The minimum Gasteiger partial charge on any atom is -0.480 e. The Morgan fingerprint density at radius 1 is 1.64 bits per heavy atom. The lowest BCUT2D eigenvalue weighted by Crippen LogP contribution is -2.54. The fourth-order valence-corrected chi connectivity index (χ4v) is 1.03. The largest absolute Gasteiger partial charge is 0.480 e. The zero-order valence-corrected chi connectivity index (χ0v) is 5.99. The normalized spacial score (nSPS) is 22.2. The molecule has 1 saturated heterocycles. The third-order valence-electron chi connectivity index (χ3n) is 1.76. The number of carbonyl (C=O) groups excluding carboxylic acids is 1. The highest BCUT2D eigenvalue weighted by atomic mass is 16.4. The van der Waals surface area contributed by atoms with Crippen molar-refractivity contribution in [3.8, 4) is 0 Å². The molecule has 0 spiro atoms. The van der Waals surface area contributed by atoms with E-state index in [-0.39, 0.29) is 5.91 Å². The molecule has 4 heteroatoms. The quantitative estimate of drug-likeness (QED) is 0.564. The van der Waals surface area contributed by atoms with Gasteiger partial charge in [-0.05, 0) is 12.5 Å². The molecule has 0 saturated carbocycles. The molecule has 0 bridgehead atoms. The molecule has 1 N–H and O–H groups in total. The van der Waals surface area contributed by atoms with E-state index in [1.165, 1.54) is 4.90 Å². The number of carbonyl (C=O) groups is 2. The van der Waals surface area contributed by atoms with Crippen LogP contribution in [-0.4, -0.2) is 34.5 Å². The number of aliphatic carboxylic acids is 1. The Morgan fingerprint density at radius 2 is 2.27 bits per heavy atom. The van der Waals surface area contributed by atoms with E-state index in [0.29, 0.717) is 13.0 Å². The third-order valence-corrected chi connectivity index (χ3v) is 1.76. The molecule has 1 atom stereocenters. The van der Waals surface area contributed by atoms with Crippen LogP contribution in [0.3, 0.4) is 0 Å². The number of amides is 1. The second-order valence-electron chi connectivity index (χ2n) is 2.38. The minimum absolute atomic E-state index is 0.302. The van der Waals surface area contributed by atoms with Gasteiger partial charge in [-0.25, -0.2) is 4.79 Å². The summed E-state index contributed by atoms with van der Waals surface area (Å²) in [5.41, 5.74) is 0. The van der Waals surface area contributed by atoms with Crippen molar-refractivity contribution in [3.05, 3.63) is 12.7 Å². The first-order chi connectivity index (χ1) is 5.16. The van der Waals surface area contributed by atoms with E-state index in [1.807, 2.05) is 0 Å². The molecular formula is C7H9NO3. The lowest BCUT2D eigenvalue weighted by Gasteiger charge is -2.37. The maximum absolute atomic E-state index is 10.9. The van der Waals surface area contributed by atoms with Gasteiger partial charge in [0.15, 0.2) is 0 Å². The molecule has 1 aliphatic rings. The number of rotatable bonds is 2. The van der Waals surface area contributed by atoms with E-state index in [2.05, 4.69) is 6.58 Å². The molecule has 1 amide bonds. The SMILES string of the molecule is C=CC(=O)N1CC[C@@H]1C(=O)O. The molecule has 1 heterocycles. The lowest BCUT2D eigenvalue weighted by atomic mass is 10.0. The Bertz CT molecular complexity index is 212. The van der Waals surface area contributed by atoms with Gasteiger partial charge >= 0.3 is 5.97 Å². The molecule has 1 fully saturated rings. The topological polar surface area (TPSA) is 57.6 Å². The van der Waals surface area contributed by atoms with Gasteiger partial charge in [-0.2, -0.15) is 0 Å². The molecule has 0 unspecified atom stereocenters. The molecule has 4 nitrogen and oxygen atoms in total. The predicted molar refractivity (Wildman–Crippen MR) is 38.0 cm³/mol. The summed E-state index contributed by atoms with van der Waals surface area (Å²) in [6.45, 7) is 3.80. The van der Waals surface area contributed by atoms with Gasteiger partial charge in [-0.15, -0.1) is 0 Å². The number of carboxylic acid groups (broad SMARTS) is 1. The summed E-state index contributed by atoms with van der Waals surface area (Å²) < 4.78 is 0. The summed E-state index contributed by atoms with van der Waals surface area (Å²) in [5, 5.41) is 8.52. The van der Waals surface area contributed by atoms with E-state index < -0.39 is 12.0 Å². The molecule has 1 aliphatic heterocycles. The monoisotopic (exact) mass is 155 g/mol. The van der Waals surface area contributed by atoms with Crippen LogP contribution in [0.5, 0.6) is 0 Å². The number of hydrogen-bond acceptors (Lipinski definition) is 2. The van der Waals surface area contributed by atoms with Crippen LogP contribution in [0.25, 0.3) is 0 Å². The Morgan fingerprint density at radius 3 is 2.55 bits per heavy atom. The molecular weight excluding hydrogens is 146 g/mol. The van der Waals surface area contributed by atoms with Crippen LogP contribution in [0.2, 0.25) is 0 Å². The first-order valence-electron chi connectivity index (χ1n) is 3.32. The average molecular weight is 155 g/mol. The van der Waals surface area contributed by atoms with E-state index in [0.717, 1.165) is 6.08 Å². The lowest BCUT2D eigenvalue weighted by molar-refractivity contribution is -0.154. The molecule has 0 aromatic rings. The van der Waals surface area contributed by atoms with Crippen molar-refractivity contribution in [2.45, 2.75) is 12.5 Å². The summed E-state index contributed by atoms with van der Waals surface area (Å²) in [6, 6.07) is -0.625. The van der Waals surface area contributed by atoms with Crippen LogP contribution in [0.4, 0.5) is 0 Å². The zero-order chi connectivity index (χ0) is 8.43. The van der Waals surface area contributed by atoms with Gasteiger partial charge in [0.25, 0.3) is 0 Å². The Hall–Kier alpha value is -1.32. The van der Waals surface area contributed by atoms with Crippen LogP contribution >= 0.6 is 0 Å². The summed E-state index contributed by atoms with van der Waals surface area (Å²) in [7, 11) is 0. The number of likely N-dealkylation sites (tertiary alicyclic amines) is 1. The highest BCUT2D eigenvalue weighted by molar-refractivity contribution is 5.92. The van der Waals surface area contributed by atoms with Gasteiger partial charge in [0.05, 0.1) is 0 Å². The van der Waals surface area contributed by atoms with Crippen LogP contribution in [-0.2, 0) is 9.59 Å². The van der Waals surface area contributed by atoms with Crippen LogP contribution < -0.4 is 0 Å². The standard InChI is InChI=1S/C7H9NO3/c1-2-6(9)8-4-3-5(8)7(10)11/h2,5H,1,3-4H2,(H,10,11)/t5-/m1/s1. The van der Waals surface area contributed by atoms with Crippen molar-refractivity contribution in [3.63, 3.8) is 0 Å². The molecule has 1 rings (SSSR count). The Labute approximate surface area is 64.1 Å². The summed E-state index contributed by atoms with van der Waals surface area (Å²) in [4.78, 5) is 22.5. The van der Waals surface area contributed by atoms with E-state index in [4.69, 9.17) is 5.11 Å². The summed E-state index contributed by atoms with van der Waals surface area (Å²) in [5.74, 6) is -1.24. The molecule has 60 valence electrons. The van der Waals surface area contributed by atoms with Crippen LogP contribution in [0.15, 0.2) is 12.7 Å². The predicted octanol–water partition coefficient (Wildman–Crippen LogP) is -0.142. The van der Waals surface area contributed by atoms with Gasteiger partial charge in [0.2, 0.25) is 5.91 Å². The highest BCUT2D eigenvalue weighted by Crippen LogP contribution is 2.17. The number of hydrogen-bond donors (Lipinski definition) is 1. The summed E-state index contributed by atoms with van der Waals surface area (Å²) in [6.07, 6.45) is 1.68. The van der Waals surface area contributed by atoms with Gasteiger partial charge in [0, 0.05) is 6.54 Å². The first kappa shape index (κ1) is 7.78. The van der Waals surface area contributed by atoms with Crippen molar-refractivity contribution in [1.29, 1.82) is 0 Å². The second kappa shape index (κ2) is 2.74. The van der Waals surface area contributed by atoms with Crippen molar-refractivity contribution in [2.24, 2.45) is 0 Å². The van der Waals surface area contributed by atoms with Crippen LogP contribution in [0, 0.1) is 0 Å². The van der Waals surface area contributed by atoms with E-state index >= 15 is 0 Å². The fraction of sp³-hybridized carbons (Fsp3) is 0.429.